The zero-order valence-corrected chi connectivity index (χ0v) is 12.9. The Balaban J connectivity index is 1.96. The number of amides is 1. The van der Waals surface area contributed by atoms with Crippen LogP contribution in [-0.4, -0.2) is 42.5 Å². The summed E-state index contributed by atoms with van der Waals surface area (Å²) >= 11 is 0. The van der Waals surface area contributed by atoms with Gasteiger partial charge < -0.3 is 15.5 Å². The fourth-order valence-corrected chi connectivity index (χ4v) is 2.64. The molecule has 4 nitrogen and oxygen atoms in total. The predicted molar refractivity (Wildman–Crippen MR) is 83.2 cm³/mol. The lowest BCUT2D eigenvalue weighted by Crippen LogP contribution is -2.45. The molecule has 0 spiro atoms. The lowest BCUT2D eigenvalue weighted by molar-refractivity contribution is 0.0787. The van der Waals surface area contributed by atoms with Crippen LogP contribution in [0.5, 0.6) is 0 Å². The Bertz CT molecular complexity index is 462. The first-order chi connectivity index (χ1) is 9.39. The monoisotopic (exact) mass is 275 g/mol. The Morgan fingerprint density at radius 3 is 2.45 bits per heavy atom. The standard InChI is InChI=1S/C16H25N3O/c1-16(2,3)18-14-9-10-19(11-14)15(20)12-5-7-13(17-4)8-6-12/h5-8,14,17-18H,9-11H2,1-4H3. The van der Waals surface area contributed by atoms with Crippen molar-refractivity contribution in [3.63, 3.8) is 0 Å². The zero-order chi connectivity index (χ0) is 14.8. The molecule has 20 heavy (non-hydrogen) atoms. The fourth-order valence-electron chi connectivity index (χ4n) is 2.64. The van der Waals surface area contributed by atoms with Crippen LogP contribution in [0.4, 0.5) is 5.69 Å². The number of likely N-dealkylation sites (tertiary alicyclic amines) is 1. The van der Waals surface area contributed by atoms with Gasteiger partial charge in [-0.3, -0.25) is 4.79 Å². The van der Waals surface area contributed by atoms with Crippen LogP contribution >= 0.6 is 0 Å². The van der Waals surface area contributed by atoms with Gasteiger partial charge in [-0.25, -0.2) is 0 Å². The molecule has 1 unspecified atom stereocenters. The number of nitrogens with zero attached hydrogens (tertiary/aromatic N) is 1. The second-order valence-electron chi connectivity index (χ2n) is 6.46. The van der Waals surface area contributed by atoms with Crippen molar-refractivity contribution in [1.82, 2.24) is 10.2 Å². The molecule has 110 valence electrons. The van der Waals surface area contributed by atoms with E-state index in [-0.39, 0.29) is 11.4 Å². The van der Waals surface area contributed by atoms with Gasteiger partial charge in [-0.05, 0) is 51.5 Å². The van der Waals surface area contributed by atoms with Crippen molar-refractivity contribution in [3.05, 3.63) is 29.8 Å². The summed E-state index contributed by atoms with van der Waals surface area (Å²) < 4.78 is 0. The van der Waals surface area contributed by atoms with Crippen LogP contribution < -0.4 is 10.6 Å². The minimum atomic E-state index is 0.0954. The van der Waals surface area contributed by atoms with Crippen LogP contribution in [0.25, 0.3) is 0 Å². The Morgan fingerprint density at radius 1 is 1.25 bits per heavy atom. The van der Waals surface area contributed by atoms with Gasteiger partial charge in [-0.1, -0.05) is 0 Å². The minimum absolute atomic E-state index is 0.0954. The number of rotatable bonds is 3. The molecule has 0 radical (unpaired) electrons. The maximum Gasteiger partial charge on any atom is 0.253 e. The topological polar surface area (TPSA) is 44.4 Å². The molecule has 1 atom stereocenters. The van der Waals surface area contributed by atoms with E-state index >= 15 is 0 Å². The number of carbonyl (C=O) groups is 1. The summed E-state index contributed by atoms with van der Waals surface area (Å²) in [5, 5.41) is 6.63. The second-order valence-corrected chi connectivity index (χ2v) is 6.46. The molecule has 1 aliphatic rings. The van der Waals surface area contributed by atoms with Crippen molar-refractivity contribution in [2.75, 3.05) is 25.5 Å². The fraction of sp³-hybridized carbons (Fsp3) is 0.562. The molecule has 1 amide bonds. The molecule has 1 heterocycles. The smallest absolute Gasteiger partial charge is 0.253 e. The molecule has 1 aliphatic heterocycles. The van der Waals surface area contributed by atoms with Gasteiger partial charge in [0.05, 0.1) is 0 Å². The molecule has 1 saturated heterocycles. The molecular weight excluding hydrogens is 250 g/mol. The van der Waals surface area contributed by atoms with Gasteiger partial charge in [-0.2, -0.15) is 0 Å². The maximum absolute atomic E-state index is 12.4. The summed E-state index contributed by atoms with van der Waals surface area (Å²) in [5.41, 5.74) is 1.88. The zero-order valence-electron chi connectivity index (χ0n) is 12.9. The van der Waals surface area contributed by atoms with E-state index < -0.39 is 0 Å². The molecule has 0 aromatic heterocycles. The van der Waals surface area contributed by atoms with Crippen molar-refractivity contribution in [2.24, 2.45) is 0 Å². The first-order valence-electron chi connectivity index (χ1n) is 7.24. The number of carbonyl (C=O) groups excluding carboxylic acids is 1. The van der Waals surface area contributed by atoms with E-state index in [1.54, 1.807) is 0 Å². The molecular formula is C16H25N3O. The number of hydrogen-bond acceptors (Lipinski definition) is 3. The molecule has 4 heteroatoms. The van der Waals surface area contributed by atoms with Crippen molar-refractivity contribution < 1.29 is 4.79 Å². The Kier molecular flexibility index (Phi) is 4.33. The normalized spacial score (nSPS) is 19.2. The van der Waals surface area contributed by atoms with Crippen molar-refractivity contribution in [3.8, 4) is 0 Å². The highest BCUT2D eigenvalue weighted by Crippen LogP contribution is 2.17. The maximum atomic E-state index is 12.4. The van der Waals surface area contributed by atoms with Gasteiger partial charge in [0, 0.05) is 43.0 Å². The van der Waals surface area contributed by atoms with Crippen LogP contribution in [0, 0.1) is 0 Å². The number of benzene rings is 1. The largest absolute Gasteiger partial charge is 0.388 e. The number of nitrogens with one attached hydrogen (secondary N) is 2. The third-order valence-corrected chi connectivity index (χ3v) is 3.53. The van der Waals surface area contributed by atoms with E-state index in [1.165, 1.54) is 0 Å². The van der Waals surface area contributed by atoms with Gasteiger partial charge in [0.15, 0.2) is 0 Å². The van der Waals surface area contributed by atoms with Gasteiger partial charge in [0.1, 0.15) is 0 Å². The summed E-state index contributed by atoms with van der Waals surface area (Å²) in [6, 6.07) is 8.05. The second kappa shape index (κ2) is 5.83. The lowest BCUT2D eigenvalue weighted by atomic mass is 10.1. The molecule has 1 aromatic carbocycles. The average molecular weight is 275 g/mol. The van der Waals surface area contributed by atoms with E-state index in [0.717, 1.165) is 30.8 Å². The van der Waals surface area contributed by atoms with Crippen molar-refractivity contribution >= 4 is 11.6 Å². The molecule has 2 N–H and O–H groups in total. The highest BCUT2D eigenvalue weighted by atomic mass is 16.2. The summed E-state index contributed by atoms with van der Waals surface area (Å²) in [7, 11) is 1.88. The Morgan fingerprint density at radius 2 is 1.90 bits per heavy atom. The van der Waals surface area contributed by atoms with Crippen LogP contribution in [0.15, 0.2) is 24.3 Å². The van der Waals surface area contributed by atoms with E-state index in [1.807, 2.05) is 36.2 Å². The summed E-state index contributed by atoms with van der Waals surface area (Å²) in [4.78, 5) is 14.4. The van der Waals surface area contributed by atoms with Crippen LogP contribution in [-0.2, 0) is 0 Å². The summed E-state index contributed by atoms with van der Waals surface area (Å²) in [6.07, 6.45) is 1.03. The Hall–Kier alpha value is -1.55. The molecule has 2 rings (SSSR count). The SMILES string of the molecule is CNc1ccc(C(=O)N2CCC(NC(C)(C)C)C2)cc1. The van der Waals surface area contributed by atoms with Crippen molar-refractivity contribution in [2.45, 2.75) is 38.8 Å². The number of anilines is 1. The van der Waals surface area contributed by atoms with E-state index in [2.05, 4.69) is 31.4 Å². The summed E-state index contributed by atoms with van der Waals surface area (Å²) in [5.74, 6) is 0.130. The first-order valence-corrected chi connectivity index (χ1v) is 7.24. The van der Waals surface area contributed by atoms with Crippen LogP contribution in [0.2, 0.25) is 0 Å². The summed E-state index contributed by atoms with van der Waals surface area (Å²) in [6.45, 7) is 8.11. The molecule has 0 bridgehead atoms. The average Bonchev–Trinajstić information content (AvgIpc) is 2.84. The molecule has 0 saturated carbocycles. The van der Waals surface area contributed by atoms with Gasteiger partial charge in [-0.15, -0.1) is 0 Å². The van der Waals surface area contributed by atoms with Crippen LogP contribution in [0.3, 0.4) is 0 Å². The molecule has 1 aromatic rings. The van der Waals surface area contributed by atoms with E-state index in [0.29, 0.717) is 6.04 Å². The molecule has 1 fully saturated rings. The first kappa shape index (κ1) is 14.9. The van der Waals surface area contributed by atoms with E-state index in [4.69, 9.17) is 0 Å². The highest BCUT2D eigenvalue weighted by Gasteiger charge is 2.29. The highest BCUT2D eigenvalue weighted by molar-refractivity contribution is 5.94. The number of hydrogen-bond donors (Lipinski definition) is 2. The quantitative estimate of drug-likeness (QED) is 0.890. The van der Waals surface area contributed by atoms with Gasteiger partial charge in [0.25, 0.3) is 5.91 Å². The Labute approximate surface area is 121 Å². The third kappa shape index (κ3) is 3.73. The van der Waals surface area contributed by atoms with Crippen molar-refractivity contribution in [1.29, 1.82) is 0 Å². The van der Waals surface area contributed by atoms with Crippen LogP contribution in [0.1, 0.15) is 37.6 Å². The molecule has 0 aliphatic carbocycles. The predicted octanol–water partition coefficient (Wildman–Crippen LogP) is 2.33. The van der Waals surface area contributed by atoms with Gasteiger partial charge >= 0.3 is 0 Å². The van der Waals surface area contributed by atoms with E-state index in [9.17, 15) is 4.79 Å². The van der Waals surface area contributed by atoms with Gasteiger partial charge in [0.2, 0.25) is 0 Å². The minimum Gasteiger partial charge on any atom is -0.388 e. The lowest BCUT2D eigenvalue weighted by Gasteiger charge is -2.26. The third-order valence-electron chi connectivity index (χ3n) is 3.53.